The zero-order chi connectivity index (χ0) is 32.7. The van der Waals surface area contributed by atoms with Gasteiger partial charge < -0.3 is 39.9 Å². The fourth-order valence-corrected chi connectivity index (χ4v) is 5.23. The van der Waals surface area contributed by atoms with Crippen molar-refractivity contribution < 1.29 is 43.3 Å². The van der Waals surface area contributed by atoms with E-state index in [0.717, 1.165) is 0 Å². The van der Waals surface area contributed by atoms with Crippen molar-refractivity contribution in [3.05, 3.63) is 36.0 Å². The summed E-state index contributed by atoms with van der Waals surface area (Å²) >= 11 is 0. The summed E-state index contributed by atoms with van der Waals surface area (Å²) in [5, 5.41) is 15.2. The molecule has 4 rings (SSSR count). The van der Waals surface area contributed by atoms with Gasteiger partial charge in [-0.3, -0.25) is 24.0 Å². The number of ether oxygens (including phenoxy) is 2. The van der Waals surface area contributed by atoms with E-state index in [1.54, 1.807) is 45.0 Å². The molecule has 2 aromatic rings. The maximum atomic E-state index is 13.5. The van der Waals surface area contributed by atoms with E-state index in [9.17, 15) is 33.9 Å². The molecule has 0 spiro atoms. The Balaban J connectivity index is 1.50. The second kappa shape index (κ2) is 14.2. The first-order chi connectivity index (χ1) is 21.4. The van der Waals surface area contributed by atoms with Crippen LogP contribution in [-0.2, 0) is 23.9 Å². The SMILES string of the molecule is CCOC(=O)N1CCN(C(=O)[C@H](CCC(=O)O)NC(=O)c2cc(OCC(=O)N3CCNC(=O)C3(C)C)c3ccccc3n2)CC1. The lowest BCUT2D eigenvalue weighted by atomic mass is 9.99. The number of benzene rings is 1. The molecule has 2 aliphatic rings. The second-order valence-electron chi connectivity index (χ2n) is 11.1. The summed E-state index contributed by atoms with van der Waals surface area (Å²) in [6.45, 7) is 6.28. The molecule has 0 saturated carbocycles. The molecule has 0 unspecified atom stereocenters. The summed E-state index contributed by atoms with van der Waals surface area (Å²) < 4.78 is 10.9. The van der Waals surface area contributed by atoms with Crippen LogP contribution in [0.2, 0.25) is 0 Å². The minimum Gasteiger partial charge on any atom is -0.483 e. The quantitative estimate of drug-likeness (QED) is 0.337. The van der Waals surface area contributed by atoms with Crippen LogP contribution >= 0.6 is 0 Å². The molecule has 0 bridgehead atoms. The lowest BCUT2D eigenvalue weighted by Crippen LogP contribution is -2.64. The predicted octanol–water partition coefficient (Wildman–Crippen LogP) is 0.615. The van der Waals surface area contributed by atoms with Crippen LogP contribution in [0.25, 0.3) is 10.9 Å². The Morgan fingerprint density at radius 3 is 2.44 bits per heavy atom. The zero-order valence-corrected chi connectivity index (χ0v) is 25.5. The number of carbonyl (C=O) groups is 6. The van der Waals surface area contributed by atoms with Gasteiger partial charge >= 0.3 is 12.1 Å². The van der Waals surface area contributed by atoms with Crippen LogP contribution in [0.5, 0.6) is 5.75 Å². The van der Waals surface area contributed by atoms with Crippen LogP contribution in [0.15, 0.2) is 30.3 Å². The molecule has 1 atom stereocenters. The van der Waals surface area contributed by atoms with E-state index >= 15 is 0 Å². The monoisotopic (exact) mass is 626 g/mol. The van der Waals surface area contributed by atoms with Gasteiger partial charge in [-0.2, -0.15) is 0 Å². The first-order valence-electron chi connectivity index (χ1n) is 14.8. The summed E-state index contributed by atoms with van der Waals surface area (Å²) in [4.78, 5) is 84.5. The van der Waals surface area contributed by atoms with Crippen molar-refractivity contribution in [2.75, 3.05) is 52.5 Å². The number of nitrogens with zero attached hydrogens (tertiary/aromatic N) is 4. The molecule has 15 nitrogen and oxygen atoms in total. The number of hydrogen-bond donors (Lipinski definition) is 3. The molecule has 1 aromatic heterocycles. The highest BCUT2D eigenvalue weighted by Crippen LogP contribution is 2.26. The molecule has 45 heavy (non-hydrogen) atoms. The molecule has 0 radical (unpaired) electrons. The predicted molar refractivity (Wildman–Crippen MR) is 159 cm³/mol. The molecule has 5 amide bonds. The number of fused-ring (bicyclic) bond motifs is 1. The smallest absolute Gasteiger partial charge is 0.409 e. The highest BCUT2D eigenvalue weighted by atomic mass is 16.6. The lowest BCUT2D eigenvalue weighted by molar-refractivity contribution is -0.150. The minimum atomic E-state index is -1.17. The van der Waals surface area contributed by atoms with Crippen molar-refractivity contribution in [3.8, 4) is 5.75 Å². The van der Waals surface area contributed by atoms with Crippen LogP contribution in [-0.4, -0.2) is 125 Å². The number of piperazine rings is 2. The van der Waals surface area contributed by atoms with Crippen LogP contribution in [0.4, 0.5) is 4.79 Å². The van der Waals surface area contributed by atoms with Gasteiger partial charge in [-0.15, -0.1) is 0 Å². The maximum Gasteiger partial charge on any atom is 0.409 e. The number of amides is 5. The molecule has 2 saturated heterocycles. The van der Waals surface area contributed by atoms with Gasteiger partial charge in [-0.1, -0.05) is 12.1 Å². The van der Waals surface area contributed by atoms with Crippen molar-refractivity contribution in [3.63, 3.8) is 0 Å². The van der Waals surface area contributed by atoms with E-state index in [1.807, 2.05) is 0 Å². The van der Waals surface area contributed by atoms with E-state index < -0.39 is 48.0 Å². The summed E-state index contributed by atoms with van der Waals surface area (Å²) in [7, 11) is 0. The Labute approximate surface area is 259 Å². The number of carboxylic acid groups (broad SMARTS) is 1. The third-order valence-corrected chi connectivity index (χ3v) is 7.78. The number of aliphatic carboxylic acids is 1. The molecule has 3 N–H and O–H groups in total. The van der Waals surface area contributed by atoms with Gasteiger partial charge in [0.2, 0.25) is 11.8 Å². The summed E-state index contributed by atoms with van der Waals surface area (Å²) in [6.07, 6.45) is -1.01. The summed E-state index contributed by atoms with van der Waals surface area (Å²) in [5.41, 5.74) is -0.768. The second-order valence-corrected chi connectivity index (χ2v) is 11.1. The first kappa shape index (κ1) is 33.0. The van der Waals surface area contributed by atoms with Crippen LogP contribution in [0.1, 0.15) is 44.1 Å². The highest BCUT2D eigenvalue weighted by molar-refractivity contribution is 5.99. The Bertz CT molecular complexity index is 1470. The number of rotatable bonds is 10. The third-order valence-electron chi connectivity index (χ3n) is 7.78. The van der Waals surface area contributed by atoms with Gasteiger partial charge in [-0.25, -0.2) is 9.78 Å². The average Bonchev–Trinajstić information content (AvgIpc) is 3.02. The van der Waals surface area contributed by atoms with Gasteiger partial charge in [0.25, 0.3) is 11.8 Å². The lowest BCUT2D eigenvalue weighted by Gasteiger charge is -2.41. The molecule has 1 aromatic carbocycles. The van der Waals surface area contributed by atoms with Crippen LogP contribution in [0.3, 0.4) is 0 Å². The first-order valence-corrected chi connectivity index (χ1v) is 14.8. The average molecular weight is 627 g/mol. The largest absolute Gasteiger partial charge is 0.483 e. The topological polar surface area (TPSA) is 188 Å². The Hall–Kier alpha value is -4.95. The standard InChI is InChI=1S/C30H38N6O9/c1-4-44-29(43)35-15-13-34(14-16-35)27(41)21(9-10-25(38)39)33-26(40)22-17-23(19-7-5-6-8-20(19)32-22)45-18-24(37)36-12-11-31-28(42)30(36,2)3/h5-8,17,21H,4,9-16,18H2,1-3H3,(H,31,42)(H,33,40)(H,38,39)/t21-/m0/s1. The van der Waals surface area contributed by atoms with Gasteiger partial charge in [-0.05, 0) is 39.3 Å². The number of aromatic nitrogens is 1. The third kappa shape index (κ3) is 7.77. The van der Waals surface area contributed by atoms with Crippen LogP contribution in [0, 0.1) is 0 Å². The van der Waals surface area contributed by atoms with E-state index in [-0.39, 0.29) is 63.0 Å². The number of carboxylic acids is 1. The molecule has 2 aliphatic heterocycles. The van der Waals surface area contributed by atoms with Crippen molar-refractivity contribution in [1.82, 2.24) is 30.3 Å². The molecule has 15 heteroatoms. The van der Waals surface area contributed by atoms with Gasteiger partial charge in [0.1, 0.15) is 23.0 Å². The Morgan fingerprint density at radius 2 is 1.76 bits per heavy atom. The van der Waals surface area contributed by atoms with Crippen molar-refractivity contribution in [1.29, 1.82) is 0 Å². The van der Waals surface area contributed by atoms with Gasteiger partial charge in [0.15, 0.2) is 6.61 Å². The molecule has 2 fully saturated rings. The van der Waals surface area contributed by atoms with E-state index in [4.69, 9.17) is 9.47 Å². The summed E-state index contributed by atoms with van der Waals surface area (Å²) in [5.74, 6) is -2.84. The van der Waals surface area contributed by atoms with E-state index in [1.165, 1.54) is 20.8 Å². The summed E-state index contributed by atoms with van der Waals surface area (Å²) in [6, 6.07) is 7.03. The Kier molecular flexibility index (Phi) is 10.4. The normalized spacial score (nSPS) is 16.9. The van der Waals surface area contributed by atoms with Crippen molar-refractivity contribution >= 4 is 46.6 Å². The van der Waals surface area contributed by atoms with Crippen LogP contribution < -0.4 is 15.4 Å². The number of nitrogens with one attached hydrogen (secondary N) is 2. The van der Waals surface area contributed by atoms with Gasteiger partial charge in [0.05, 0.1) is 12.1 Å². The Morgan fingerprint density at radius 1 is 1.07 bits per heavy atom. The molecule has 0 aliphatic carbocycles. The van der Waals surface area contributed by atoms with Gasteiger partial charge in [0, 0.05) is 57.1 Å². The molecular formula is C30H38N6O9. The fourth-order valence-electron chi connectivity index (χ4n) is 5.23. The molecule has 242 valence electrons. The minimum absolute atomic E-state index is 0.103. The maximum absolute atomic E-state index is 13.5. The number of para-hydroxylation sites is 1. The van der Waals surface area contributed by atoms with E-state index in [2.05, 4.69) is 15.6 Å². The molecule has 3 heterocycles. The highest BCUT2D eigenvalue weighted by Gasteiger charge is 2.40. The molecular weight excluding hydrogens is 588 g/mol. The van der Waals surface area contributed by atoms with Crippen molar-refractivity contribution in [2.24, 2.45) is 0 Å². The van der Waals surface area contributed by atoms with E-state index in [0.29, 0.717) is 24.0 Å². The fraction of sp³-hybridized carbons (Fsp3) is 0.500. The van der Waals surface area contributed by atoms with Crippen molar-refractivity contribution in [2.45, 2.75) is 45.2 Å². The number of hydrogen-bond acceptors (Lipinski definition) is 9. The number of carbonyl (C=O) groups excluding carboxylic acids is 5. The number of pyridine rings is 1. The zero-order valence-electron chi connectivity index (χ0n) is 25.5.